The highest BCUT2D eigenvalue weighted by Crippen LogP contribution is 2.56. The summed E-state index contributed by atoms with van der Waals surface area (Å²) in [7, 11) is 3.00. The van der Waals surface area contributed by atoms with Gasteiger partial charge in [-0.1, -0.05) is 49.9 Å². The number of unbranched alkanes of at least 4 members (excludes halogenated alkanes) is 2. The maximum absolute atomic E-state index is 11.7. The van der Waals surface area contributed by atoms with E-state index in [0.29, 0.717) is 67.6 Å². The van der Waals surface area contributed by atoms with Crippen LogP contribution in [0.25, 0.3) is 32.7 Å². The lowest BCUT2D eigenvalue weighted by Crippen LogP contribution is -2.03. The Morgan fingerprint density at radius 1 is 0.711 bits per heavy atom. The molecule has 0 aliphatic carbocycles. The van der Waals surface area contributed by atoms with Crippen molar-refractivity contribution >= 4 is 44.7 Å². The Morgan fingerprint density at radius 2 is 1.37 bits per heavy atom. The maximum atomic E-state index is 11.7. The van der Waals surface area contributed by atoms with Crippen LogP contribution >= 0.6 is 23.2 Å². The molecule has 0 amide bonds. The molecule has 0 atom stereocenters. The van der Waals surface area contributed by atoms with Crippen LogP contribution in [0.2, 0.25) is 10.0 Å². The van der Waals surface area contributed by atoms with Gasteiger partial charge < -0.3 is 29.2 Å². The van der Waals surface area contributed by atoms with Crippen molar-refractivity contribution in [3.05, 3.63) is 46.4 Å². The molecule has 4 aromatic rings. The van der Waals surface area contributed by atoms with Gasteiger partial charge in [0.25, 0.3) is 0 Å². The Hall–Kier alpha value is -3.22. The molecule has 6 nitrogen and oxygen atoms in total. The van der Waals surface area contributed by atoms with Crippen LogP contribution in [0.3, 0.4) is 0 Å². The second-order valence-electron chi connectivity index (χ2n) is 8.95. The van der Waals surface area contributed by atoms with E-state index in [4.69, 9.17) is 42.1 Å². The predicted molar refractivity (Wildman–Crippen MR) is 154 cm³/mol. The summed E-state index contributed by atoms with van der Waals surface area (Å²) >= 11 is 12.7. The molecule has 0 radical (unpaired) electrons. The number of phenolic OH excluding ortho intramolecular Hbond substituents is 2. The lowest BCUT2D eigenvalue weighted by atomic mass is 9.93. The first-order valence-electron chi connectivity index (χ1n) is 12.7. The van der Waals surface area contributed by atoms with E-state index in [1.54, 1.807) is 36.4 Å². The van der Waals surface area contributed by atoms with Gasteiger partial charge in [-0.05, 0) is 49.2 Å². The number of rotatable bonds is 11. The van der Waals surface area contributed by atoms with Gasteiger partial charge in [-0.3, -0.25) is 0 Å². The summed E-state index contributed by atoms with van der Waals surface area (Å²) in [5, 5.41) is 26.2. The molecule has 0 bridgehead atoms. The van der Waals surface area contributed by atoms with Crippen LogP contribution in [0.15, 0.2) is 36.4 Å². The van der Waals surface area contributed by atoms with Gasteiger partial charge in [0.05, 0.1) is 43.4 Å². The third-order valence-corrected chi connectivity index (χ3v) is 7.00. The molecule has 38 heavy (non-hydrogen) atoms. The largest absolute Gasteiger partial charge is 0.507 e. The van der Waals surface area contributed by atoms with Crippen LogP contribution in [-0.2, 0) is 0 Å². The normalized spacial score (nSPS) is 11.2. The second-order valence-corrected chi connectivity index (χ2v) is 9.80. The minimum atomic E-state index is -0.113. The summed E-state index contributed by atoms with van der Waals surface area (Å²) in [5.41, 5.74) is 0.599. The quantitative estimate of drug-likeness (QED) is 0.179. The Morgan fingerprint density at radius 3 is 2.03 bits per heavy atom. The molecule has 0 unspecified atom stereocenters. The molecule has 0 saturated heterocycles. The van der Waals surface area contributed by atoms with Crippen molar-refractivity contribution < 1.29 is 29.2 Å². The lowest BCUT2D eigenvalue weighted by Gasteiger charge is -2.22. The summed E-state index contributed by atoms with van der Waals surface area (Å²) in [5.74, 6) is 1.34. The first-order chi connectivity index (χ1) is 18.4. The number of fused-ring (bicyclic) bond motifs is 2. The molecular weight excluding hydrogens is 527 g/mol. The number of halogens is 2. The number of hydrogen-bond donors (Lipinski definition) is 2. The fraction of sp³-hybridized carbons (Fsp3) is 0.333. The van der Waals surface area contributed by atoms with Gasteiger partial charge in [0.2, 0.25) is 0 Å². The van der Waals surface area contributed by atoms with Crippen molar-refractivity contribution in [2.75, 3.05) is 27.4 Å². The molecule has 0 aliphatic rings. The van der Waals surface area contributed by atoms with E-state index in [2.05, 4.69) is 13.8 Å². The Bertz CT molecular complexity index is 1470. The summed E-state index contributed by atoms with van der Waals surface area (Å²) < 4.78 is 23.8. The fourth-order valence-corrected chi connectivity index (χ4v) is 4.94. The van der Waals surface area contributed by atoms with Gasteiger partial charge in [-0.25, -0.2) is 0 Å². The molecular formula is C30H32Cl2O6. The van der Waals surface area contributed by atoms with E-state index < -0.39 is 0 Å². The van der Waals surface area contributed by atoms with E-state index in [-0.39, 0.29) is 22.8 Å². The monoisotopic (exact) mass is 558 g/mol. The minimum Gasteiger partial charge on any atom is -0.507 e. The van der Waals surface area contributed by atoms with Crippen LogP contribution in [0.4, 0.5) is 0 Å². The van der Waals surface area contributed by atoms with Crippen molar-refractivity contribution in [2.24, 2.45) is 0 Å². The fourth-order valence-electron chi connectivity index (χ4n) is 4.54. The van der Waals surface area contributed by atoms with E-state index in [1.165, 1.54) is 14.2 Å². The van der Waals surface area contributed by atoms with Crippen molar-refractivity contribution in [1.29, 1.82) is 0 Å². The average Bonchev–Trinajstić information content (AvgIpc) is 2.91. The molecule has 0 heterocycles. The third kappa shape index (κ3) is 5.07. The van der Waals surface area contributed by atoms with Gasteiger partial charge in [-0.2, -0.15) is 0 Å². The Kier molecular flexibility index (Phi) is 8.85. The van der Waals surface area contributed by atoms with E-state index in [1.807, 2.05) is 0 Å². The smallest absolute Gasteiger partial charge is 0.173 e. The first kappa shape index (κ1) is 27.8. The summed E-state index contributed by atoms with van der Waals surface area (Å²) in [6, 6.07) is 10.2. The van der Waals surface area contributed by atoms with Crippen LogP contribution in [0.5, 0.6) is 34.5 Å². The van der Waals surface area contributed by atoms with Crippen LogP contribution in [0.1, 0.15) is 39.5 Å². The lowest BCUT2D eigenvalue weighted by molar-refractivity contribution is 0.290. The number of ether oxygens (including phenoxy) is 4. The highest BCUT2D eigenvalue weighted by molar-refractivity contribution is 6.34. The number of benzene rings is 4. The molecule has 8 heteroatoms. The maximum Gasteiger partial charge on any atom is 0.173 e. The van der Waals surface area contributed by atoms with Crippen LogP contribution in [-0.4, -0.2) is 37.6 Å². The zero-order valence-electron chi connectivity index (χ0n) is 22.0. The van der Waals surface area contributed by atoms with Gasteiger partial charge in [-0.15, -0.1) is 0 Å². The molecule has 0 spiro atoms. The number of aromatic hydroxyl groups is 2. The highest BCUT2D eigenvalue weighted by Gasteiger charge is 2.29. The topological polar surface area (TPSA) is 77.4 Å². The van der Waals surface area contributed by atoms with E-state index in [9.17, 15) is 10.2 Å². The number of phenols is 2. The highest BCUT2D eigenvalue weighted by atomic mass is 35.5. The zero-order chi connectivity index (χ0) is 27.4. The first-order valence-corrected chi connectivity index (χ1v) is 13.4. The second kappa shape index (κ2) is 12.1. The van der Waals surface area contributed by atoms with Crippen molar-refractivity contribution in [3.63, 3.8) is 0 Å². The summed E-state index contributed by atoms with van der Waals surface area (Å²) in [4.78, 5) is 0. The van der Waals surface area contributed by atoms with Gasteiger partial charge in [0.15, 0.2) is 11.5 Å². The zero-order valence-corrected chi connectivity index (χ0v) is 23.5. The summed E-state index contributed by atoms with van der Waals surface area (Å²) in [6.07, 6.45) is 3.56. The van der Waals surface area contributed by atoms with Gasteiger partial charge in [0.1, 0.15) is 23.0 Å². The SMILES string of the molecule is CCCCOc1cc(-c2c(OC)c(OCCCC)c3c(OC)c(Cl)ccc3c2O)c(O)c2ccc(Cl)cc12. The van der Waals surface area contributed by atoms with E-state index in [0.717, 1.165) is 25.7 Å². The standard InChI is InChI=1S/C30H32Cl2O6/c1-5-7-13-37-23-16-21(26(33)18-10-9-17(31)15-20(18)23)24-27(34)19-11-12-22(32)28(35-3)25(19)30(29(24)36-4)38-14-8-6-2/h9-12,15-16,33-34H,5-8,13-14H2,1-4H3. The number of methoxy groups -OCH3 is 2. The minimum absolute atomic E-state index is 0.0482. The third-order valence-electron chi connectivity index (χ3n) is 6.47. The van der Waals surface area contributed by atoms with Gasteiger partial charge in [0, 0.05) is 26.7 Å². The Labute approximate surface area is 232 Å². The molecule has 202 valence electrons. The Balaban J connectivity index is 2.10. The molecule has 0 fully saturated rings. The van der Waals surface area contributed by atoms with Crippen LogP contribution in [0, 0.1) is 0 Å². The molecule has 0 aliphatic heterocycles. The van der Waals surface area contributed by atoms with Crippen molar-refractivity contribution in [1.82, 2.24) is 0 Å². The molecule has 2 N–H and O–H groups in total. The molecule has 0 aromatic heterocycles. The summed E-state index contributed by atoms with van der Waals surface area (Å²) in [6.45, 7) is 5.05. The van der Waals surface area contributed by atoms with E-state index >= 15 is 0 Å². The van der Waals surface area contributed by atoms with Gasteiger partial charge >= 0.3 is 0 Å². The molecule has 0 saturated carbocycles. The van der Waals surface area contributed by atoms with Crippen molar-refractivity contribution in [3.8, 4) is 45.6 Å². The average molecular weight is 559 g/mol. The molecule has 4 aromatic carbocycles. The van der Waals surface area contributed by atoms with Crippen LogP contribution < -0.4 is 18.9 Å². The molecule has 4 rings (SSSR count). The number of hydrogen-bond acceptors (Lipinski definition) is 6. The predicted octanol–water partition coefficient (Wildman–Crippen LogP) is 8.75. The van der Waals surface area contributed by atoms with Crippen molar-refractivity contribution in [2.45, 2.75) is 39.5 Å².